The number of esters is 2. The number of ether oxygens (including phenoxy) is 3. The predicted molar refractivity (Wildman–Crippen MR) is 80.9 cm³/mol. The molecule has 0 aliphatic heterocycles. The summed E-state index contributed by atoms with van der Waals surface area (Å²) < 4.78 is 40.2. The zero-order valence-corrected chi connectivity index (χ0v) is 14.3. The van der Waals surface area contributed by atoms with Crippen LogP contribution < -0.4 is 0 Å². The van der Waals surface area contributed by atoms with Crippen molar-refractivity contribution in [3.8, 4) is 0 Å². The lowest BCUT2D eigenvalue weighted by Gasteiger charge is -2.59. The van der Waals surface area contributed by atoms with Crippen LogP contribution in [0.5, 0.6) is 0 Å². The highest BCUT2D eigenvalue weighted by Crippen LogP contribution is 2.58. The molecular formula is C17H24F2O6. The Hall–Kier alpha value is -1.28. The second-order valence-corrected chi connectivity index (χ2v) is 7.90. The number of hydrogen-bond acceptors (Lipinski definition) is 6. The normalized spacial score (nSPS) is 36.3. The van der Waals surface area contributed by atoms with Crippen molar-refractivity contribution in [3.63, 3.8) is 0 Å². The SMILES string of the molecule is CC(F)(F)C(=O)OCC(=O)OCCOC12CC3CC(CC(O)(C3)C1)C2. The molecule has 142 valence electrons. The molecule has 2 atom stereocenters. The van der Waals surface area contributed by atoms with Crippen molar-refractivity contribution in [1.29, 1.82) is 0 Å². The molecule has 0 heterocycles. The largest absolute Gasteiger partial charge is 0.461 e. The molecule has 0 radical (unpaired) electrons. The van der Waals surface area contributed by atoms with Gasteiger partial charge in [-0.3, -0.25) is 0 Å². The minimum Gasteiger partial charge on any atom is -0.461 e. The predicted octanol–water partition coefficient (Wildman–Crippen LogP) is 1.83. The molecular weight excluding hydrogens is 338 g/mol. The zero-order valence-electron chi connectivity index (χ0n) is 14.3. The first-order chi connectivity index (χ1) is 11.6. The van der Waals surface area contributed by atoms with E-state index in [9.17, 15) is 23.5 Å². The third-order valence-electron chi connectivity index (χ3n) is 5.41. The Morgan fingerprint density at radius 2 is 1.76 bits per heavy atom. The van der Waals surface area contributed by atoms with Crippen LogP contribution in [0.3, 0.4) is 0 Å². The van der Waals surface area contributed by atoms with Crippen molar-refractivity contribution in [3.05, 3.63) is 0 Å². The third-order valence-corrected chi connectivity index (χ3v) is 5.41. The van der Waals surface area contributed by atoms with E-state index in [1.165, 1.54) is 0 Å². The van der Waals surface area contributed by atoms with Gasteiger partial charge in [0, 0.05) is 13.3 Å². The molecule has 4 rings (SSSR count). The lowest BCUT2D eigenvalue weighted by Crippen LogP contribution is -2.60. The van der Waals surface area contributed by atoms with Crippen molar-refractivity contribution in [1.82, 2.24) is 0 Å². The maximum absolute atomic E-state index is 12.6. The molecule has 8 heteroatoms. The van der Waals surface area contributed by atoms with E-state index >= 15 is 0 Å². The molecule has 1 N–H and O–H groups in total. The number of aliphatic hydroxyl groups is 1. The highest BCUT2D eigenvalue weighted by Gasteiger charge is 2.57. The van der Waals surface area contributed by atoms with Crippen molar-refractivity contribution >= 4 is 11.9 Å². The number of carbonyl (C=O) groups excluding carboxylic acids is 2. The van der Waals surface area contributed by atoms with Crippen LogP contribution in [0.2, 0.25) is 0 Å². The molecule has 4 bridgehead atoms. The first-order valence-electron chi connectivity index (χ1n) is 8.66. The van der Waals surface area contributed by atoms with E-state index in [1.807, 2.05) is 0 Å². The summed E-state index contributed by atoms with van der Waals surface area (Å²) in [5.74, 6) is -5.32. The van der Waals surface area contributed by atoms with Gasteiger partial charge in [0.15, 0.2) is 6.61 Å². The van der Waals surface area contributed by atoms with Crippen molar-refractivity contribution in [2.75, 3.05) is 19.8 Å². The molecule has 0 aromatic carbocycles. The van der Waals surface area contributed by atoms with Crippen LogP contribution >= 0.6 is 0 Å². The number of alkyl halides is 2. The van der Waals surface area contributed by atoms with E-state index in [0.717, 1.165) is 32.1 Å². The van der Waals surface area contributed by atoms with Crippen molar-refractivity contribution in [2.45, 2.75) is 62.6 Å². The molecule has 4 aliphatic rings. The van der Waals surface area contributed by atoms with Crippen LogP contribution in [0, 0.1) is 11.8 Å². The van der Waals surface area contributed by atoms with Gasteiger partial charge in [-0.25, -0.2) is 9.59 Å². The van der Waals surface area contributed by atoms with Gasteiger partial charge in [0.1, 0.15) is 6.61 Å². The van der Waals surface area contributed by atoms with Crippen LogP contribution in [-0.4, -0.2) is 54.0 Å². The van der Waals surface area contributed by atoms with Crippen LogP contribution in [0.1, 0.15) is 45.4 Å². The summed E-state index contributed by atoms with van der Waals surface area (Å²) >= 11 is 0. The minimum absolute atomic E-state index is 0.0472. The quantitative estimate of drug-likeness (QED) is 0.550. The lowest BCUT2D eigenvalue weighted by molar-refractivity contribution is -0.223. The van der Waals surface area contributed by atoms with Crippen molar-refractivity contribution in [2.24, 2.45) is 11.8 Å². The molecule has 4 aliphatic carbocycles. The van der Waals surface area contributed by atoms with Gasteiger partial charge in [-0.1, -0.05) is 0 Å². The fourth-order valence-electron chi connectivity index (χ4n) is 5.01. The molecule has 4 saturated carbocycles. The Bertz CT molecular complexity index is 530. The van der Waals surface area contributed by atoms with Gasteiger partial charge in [0.05, 0.1) is 17.8 Å². The summed E-state index contributed by atoms with van der Waals surface area (Å²) in [6.45, 7) is -0.335. The summed E-state index contributed by atoms with van der Waals surface area (Å²) in [5.41, 5.74) is -0.970. The average Bonchev–Trinajstić information content (AvgIpc) is 2.45. The van der Waals surface area contributed by atoms with Crippen LogP contribution in [-0.2, 0) is 23.8 Å². The summed E-state index contributed by atoms with van der Waals surface area (Å²) in [4.78, 5) is 22.3. The van der Waals surface area contributed by atoms with E-state index in [-0.39, 0.29) is 18.8 Å². The molecule has 0 saturated heterocycles. The number of rotatable bonds is 7. The first kappa shape index (κ1) is 18.5. The second kappa shape index (κ2) is 6.46. The second-order valence-electron chi connectivity index (χ2n) is 7.90. The van der Waals surface area contributed by atoms with Crippen LogP contribution in [0.25, 0.3) is 0 Å². The van der Waals surface area contributed by atoms with Gasteiger partial charge in [0.2, 0.25) is 0 Å². The smallest absolute Gasteiger partial charge is 0.377 e. The standard InChI is InChI=1S/C17H24F2O6/c1-15(18,19)14(21)24-9-13(20)23-2-3-25-17-7-11-4-12(8-17)6-16(22,5-11)10-17/h11-12,22H,2-10H2,1H3. The highest BCUT2D eigenvalue weighted by atomic mass is 19.3. The van der Waals surface area contributed by atoms with E-state index in [2.05, 4.69) is 4.74 Å². The molecule has 0 amide bonds. The molecule has 2 unspecified atom stereocenters. The Balaban J connectivity index is 1.38. The summed E-state index contributed by atoms with van der Waals surface area (Å²) in [7, 11) is 0. The molecule has 6 nitrogen and oxygen atoms in total. The molecule has 0 spiro atoms. The highest BCUT2D eigenvalue weighted by molar-refractivity contribution is 5.80. The maximum atomic E-state index is 12.6. The van der Waals surface area contributed by atoms with E-state index in [0.29, 0.717) is 25.2 Å². The van der Waals surface area contributed by atoms with Gasteiger partial charge < -0.3 is 19.3 Å². The molecule has 25 heavy (non-hydrogen) atoms. The zero-order chi connectivity index (χ0) is 18.3. The minimum atomic E-state index is -3.64. The summed E-state index contributed by atoms with van der Waals surface area (Å²) in [6, 6.07) is 0. The van der Waals surface area contributed by atoms with Gasteiger partial charge in [-0.2, -0.15) is 8.78 Å². The average molecular weight is 362 g/mol. The summed E-state index contributed by atoms with van der Waals surface area (Å²) in [5, 5.41) is 10.6. The lowest BCUT2D eigenvalue weighted by atomic mass is 9.52. The van der Waals surface area contributed by atoms with Crippen LogP contribution in [0.15, 0.2) is 0 Å². The van der Waals surface area contributed by atoms with Crippen LogP contribution in [0.4, 0.5) is 8.78 Å². The maximum Gasteiger partial charge on any atom is 0.377 e. The monoisotopic (exact) mass is 362 g/mol. The van der Waals surface area contributed by atoms with Gasteiger partial charge in [0.25, 0.3) is 0 Å². The Morgan fingerprint density at radius 3 is 2.32 bits per heavy atom. The van der Waals surface area contributed by atoms with E-state index in [1.54, 1.807) is 0 Å². The summed E-state index contributed by atoms with van der Waals surface area (Å²) in [6.07, 6.45) is 5.29. The number of hydrogen-bond donors (Lipinski definition) is 1. The van der Waals surface area contributed by atoms with Gasteiger partial charge >= 0.3 is 17.9 Å². The fraction of sp³-hybridized carbons (Fsp3) is 0.882. The Morgan fingerprint density at radius 1 is 1.12 bits per heavy atom. The molecule has 4 fully saturated rings. The van der Waals surface area contributed by atoms with E-state index in [4.69, 9.17) is 9.47 Å². The van der Waals surface area contributed by atoms with Crippen molar-refractivity contribution < 1.29 is 37.7 Å². The fourth-order valence-corrected chi connectivity index (χ4v) is 5.01. The topological polar surface area (TPSA) is 82.1 Å². The van der Waals surface area contributed by atoms with Gasteiger partial charge in [-0.05, 0) is 43.9 Å². The first-order valence-corrected chi connectivity index (χ1v) is 8.66. The third kappa shape index (κ3) is 4.28. The number of halogens is 2. The Kier molecular flexibility index (Phi) is 4.79. The Labute approximate surface area is 144 Å². The van der Waals surface area contributed by atoms with E-state index < -0.39 is 30.1 Å². The molecule has 0 aromatic heterocycles. The number of carbonyl (C=O) groups is 2. The molecule has 0 aromatic rings. The van der Waals surface area contributed by atoms with Gasteiger partial charge in [-0.15, -0.1) is 0 Å².